The number of nitrogens with one attached hydrogen (secondary N) is 1. The van der Waals surface area contributed by atoms with Gasteiger partial charge in [-0.25, -0.2) is 4.98 Å². The molecule has 7 heteroatoms. The monoisotopic (exact) mass is 300 g/mol. The second-order valence-corrected chi connectivity index (χ2v) is 5.48. The van der Waals surface area contributed by atoms with Gasteiger partial charge in [0, 0.05) is 19.0 Å². The normalized spacial score (nSPS) is 11.3. The molecule has 0 atom stereocenters. The van der Waals surface area contributed by atoms with Crippen molar-refractivity contribution in [2.45, 2.75) is 33.3 Å². The van der Waals surface area contributed by atoms with Crippen LogP contribution in [0.3, 0.4) is 0 Å². The van der Waals surface area contributed by atoms with E-state index in [1.54, 1.807) is 12.5 Å². The van der Waals surface area contributed by atoms with Gasteiger partial charge in [-0.1, -0.05) is 13.8 Å². The molecular weight excluding hydrogens is 280 g/mol. The first-order chi connectivity index (χ1) is 9.49. The number of ether oxygens (including phenoxy) is 1. The van der Waals surface area contributed by atoms with E-state index in [9.17, 15) is 14.7 Å². The van der Waals surface area contributed by atoms with Gasteiger partial charge < -0.3 is 15.2 Å². The molecule has 0 saturated carbocycles. The fourth-order valence-electron chi connectivity index (χ4n) is 1.82. The second-order valence-electron chi connectivity index (χ2n) is 4.53. The molecule has 1 heterocycles. The molecule has 1 aromatic heterocycles. The van der Waals surface area contributed by atoms with E-state index in [-0.39, 0.29) is 12.5 Å². The highest BCUT2D eigenvalue weighted by molar-refractivity contribution is 7.09. The van der Waals surface area contributed by atoms with Crippen molar-refractivity contribution in [1.82, 2.24) is 10.3 Å². The number of nitrogens with zero attached hydrogens (tertiary/aromatic N) is 1. The van der Waals surface area contributed by atoms with Crippen molar-refractivity contribution in [3.8, 4) is 0 Å². The molecule has 0 unspecified atom stereocenters. The smallest absolute Gasteiger partial charge is 0.311 e. The van der Waals surface area contributed by atoms with Gasteiger partial charge in [-0.05, 0) is 12.8 Å². The Morgan fingerprint density at radius 2 is 2.10 bits per heavy atom. The minimum atomic E-state index is -0.916. The standard InChI is InChI=1S/C13H20N2O4S/c1-4-13(5-2,12(17)18)8-14-11(16)9-7-20-10(15-9)6-19-3/h7H,4-6,8H2,1-3H3,(H,14,16)(H,17,18). The quantitative estimate of drug-likeness (QED) is 0.765. The number of carbonyl (C=O) groups excluding carboxylic acids is 1. The van der Waals surface area contributed by atoms with E-state index in [0.29, 0.717) is 30.2 Å². The Hall–Kier alpha value is -1.47. The summed E-state index contributed by atoms with van der Waals surface area (Å²) in [7, 11) is 1.56. The molecule has 0 aliphatic heterocycles. The van der Waals surface area contributed by atoms with E-state index in [1.807, 2.05) is 13.8 Å². The molecular formula is C13H20N2O4S. The molecule has 20 heavy (non-hydrogen) atoms. The number of amides is 1. The van der Waals surface area contributed by atoms with Gasteiger partial charge in [-0.2, -0.15) is 0 Å². The Bertz CT molecular complexity index is 469. The van der Waals surface area contributed by atoms with Crippen molar-refractivity contribution < 1.29 is 19.4 Å². The maximum atomic E-state index is 12.0. The maximum Gasteiger partial charge on any atom is 0.311 e. The number of aliphatic carboxylic acids is 1. The molecule has 0 fully saturated rings. The predicted molar refractivity (Wildman–Crippen MR) is 75.8 cm³/mol. The molecule has 1 aromatic rings. The highest BCUT2D eigenvalue weighted by atomic mass is 32.1. The van der Waals surface area contributed by atoms with Crippen LogP contribution < -0.4 is 5.32 Å². The topological polar surface area (TPSA) is 88.5 Å². The second kappa shape index (κ2) is 7.35. The lowest BCUT2D eigenvalue weighted by molar-refractivity contribution is -0.149. The van der Waals surface area contributed by atoms with Crippen LogP contribution in [0.15, 0.2) is 5.38 Å². The number of carboxylic acids is 1. The zero-order valence-electron chi connectivity index (χ0n) is 11.9. The summed E-state index contributed by atoms with van der Waals surface area (Å²) in [5.74, 6) is -1.24. The first-order valence-electron chi connectivity index (χ1n) is 6.44. The predicted octanol–water partition coefficient (Wildman–Crippen LogP) is 1.91. The molecule has 1 amide bonds. The van der Waals surface area contributed by atoms with E-state index in [4.69, 9.17) is 4.74 Å². The van der Waals surface area contributed by atoms with Crippen LogP contribution in [-0.4, -0.2) is 35.6 Å². The third-order valence-corrected chi connectivity index (χ3v) is 4.27. The van der Waals surface area contributed by atoms with Crippen LogP contribution in [0.5, 0.6) is 0 Å². The lowest BCUT2D eigenvalue weighted by atomic mass is 9.82. The first-order valence-corrected chi connectivity index (χ1v) is 7.32. The third kappa shape index (κ3) is 3.77. The summed E-state index contributed by atoms with van der Waals surface area (Å²) in [6, 6.07) is 0. The van der Waals surface area contributed by atoms with Crippen molar-refractivity contribution in [2.24, 2.45) is 5.41 Å². The lowest BCUT2D eigenvalue weighted by Gasteiger charge is -2.26. The van der Waals surface area contributed by atoms with E-state index < -0.39 is 11.4 Å². The molecule has 0 spiro atoms. The van der Waals surface area contributed by atoms with Crippen LogP contribution in [0.2, 0.25) is 0 Å². The summed E-state index contributed by atoms with van der Waals surface area (Å²) in [6.45, 7) is 4.08. The van der Waals surface area contributed by atoms with Crippen LogP contribution in [-0.2, 0) is 16.1 Å². The van der Waals surface area contributed by atoms with Gasteiger partial charge >= 0.3 is 5.97 Å². The Labute approximate surface area is 122 Å². The van der Waals surface area contributed by atoms with Gasteiger partial charge in [0.05, 0.1) is 12.0 Å². The Kier molecular flexibility index (Phi) is 6.09. The molecule has 0 bridgehead atoms. The highest BCUT2D eigenvalue weighted by Gasteiger charge is 2.35. The summed E-state index contributed by atoms with van der Waals surface area (Å²) in [4.78, 5) is 27.4. The first kappa shape index (κ1) is 16.6. The van der Waals surface area contributed by atoms with Crippen molar-refractivity contribution in [3.05, 3.63) is 16.1 Å². The molecule has 0 aromatic carbocycles. The highest BCUT2D eigenvalue weighted by Crippen LogP contribution is 2.25. The summed E-state index contributed by atoms with van der Waals surface area (Å²) >= 11 is 1.34. The Balaban J connectivity index is 2.67. The van der Waals surface area contributed by atoms with E-state index in [1.165, 1.54) is 11.3 Å². The van der Waals surface area contributed by atoms with Gasteiger partial charge in [-0.3, -0.25) is 9.59 Å². The van der Waals surface area contributed by atoms with E-state index in [2.05, 4.69) is 10.3 Å². The van der Waals surface area contributed by atoms with E-state index >= 15 is 0 Å². The van der Waals surface area contributed by atoms with Gasteiger partial charge in [0.25, 0.3) is 5.91 Å². The van der Waals surface area contributed by atoms with Crippen molar-refractivity contribution in [3.63, 3.8) is 0 Å². The summed E-state index contributed by atoms with van der Waals surface area (Å²) < 4.78 is 4.94. The number of methoxy groups -OCH3 is 1. The summed E-state index contributed by atoms with van der Waals surface area (Å²) in [5.41, 5.74) is -0.616. The van der Waals surface area contributed by atoms with Crippen molar-refractivity contribution in [1.29, 1.82) is 0 Å². The number of thiazole rings is 1. The van der Waals surface area contributed by atoms with Crippen molar-refractivity contribution >= 4 is 23.2 Å². The number of aromatic nitrogens is 1. The van der Waals surface area contributed by atoms with Crippen LogP contribution in [0.1, 0.15) is 42.2 Å². The molecule has 1 rings (SSSR count). The molecule has 0 aliphatic rings. The van der Waals surface area contributed by atoms with Gasteiger partial charge in [0.15, 0.2) is 0 Å². The number of carbonyl (C=O) groups is 2. The Morgan fingerprint density at radius 1 is 1.45 bits per heavy atom. The molecule has 2 N–H and O–H groups in total. The summed E-state index contributed by atoms with van der Waals surface area (Å²) in [5, 5.41) is 14.3. The van der Waals surface area contributed by atoms with Crippen molar-refractivity contribution in [2.75, 3.05) is 13.7 Å². The van der Waals surface area contributed by atoms with Gasteiger partial charge in [-0.15, -0.1) is 11.3 Å². The zero-order valence-corrected chi connectivity index (χ0v) is 12.7. The number of hydrogen-bond donors (Lipinski definition) is 2. The van der Waals surface area contributed by atoms with Crippen LogP contribution in [0, 0.1) is 5.41 Å². The zero-order chi connectivity index (χ0) is 15.2. The molecule has 0 aliphatic carbocycles. The fourth-order valence-corrected chi connectivity index (χ4v) is 2.57. The van der Waals surface area contributed by atoms with Crippen LogP contribution >= 0.6 is 11.3 Å². The molecule has 0 radical (unpaired) electrons. The number of hydrogen-bond acceptors (Lipinski definition) is 5. The Morgan fingerprint density at radius 3 is 2.60 bits per heavy atom. The molecule has 6 nitrogen and oxygen atoms in total. The SMILES string of the molecule is CCC(CC)(CNC(=O)c1csc(COC)n1)C(=O)O. The maximum absolute atomic E-state index is 12.0. The average Bonchev–Trinajstić information content (AvgIpc) is 2.89. The number of carboxylic acid groups (broad SMARTS) is 1. The lowest BCUT2D eigenvalue weighted by Crippen LogP contribution is -2.42. The molecule has 112 valence electrons. The fraction of sp³-hybridized carbons (Fsp3) is 0.615. The van der Waals surface area contributed by atoms with Gasteiger partial charge in [0.1, 0.15) is 10.7 Å². The average molecular weight is 300 g/mol. The largest absolute Gasteiger partial charge is 0.481 e. The minimum absolute atomic E-state index is 0.102. The number of rotatable bonds is 8. The van der Waals surface area contributed by atoms with Crippen LogP contribution in [0.25, 0.3) is 0 Å². The van der Waals surface area contributed by atoms with E-state index in [0.717, 1.165) is 0 Å². The molecule has 0 saturated heterocycles. The third-order valence-electron chi connectivity index (χ3n) is 3.45. The van der Waals surface area contributed by atoms with Crippen LogP contribution in [0.4, 0.5) is 0 Å². The van der Waals surface area contributed by atoms with Gasteiger partial charge in [0.2, 0.25) is 0 Å². The summed E-state index contributed by atoms with van der Waals surface area (Å²) in [6.07, 6.45) is 0.927. The minimum Gasteiger partial charge on any atom is -0.481 e.